The molecule has 0 saturated heterocycles. The second-order valence-corrected chi connectivity index (χ2v) is 7.19. The molecule has 1 atom stereocenters. The van der Waals surface area contributed by atoms with Crippen molar-refractivity contribution in [2.24, 2.45) is 0 Å². The molecule has 0 bridgehead atoms. The summed E-state index contributed by atoms with van der Waals surface area (Å²) in [6, 6.07) is 12.8. The summed E-state index contributed by atoms with van der Waals surface area (Å²) in [6.07, 6.45) is 3.27. The van der Waals surface area contributed by atoms with E-state index >= 15 is 0 Å². The molecule has 1 aliphatic heterocycles. The number of benzene rings is 1. The predicted molar refractivity (Wildman–Crippen MR) is 106 cm³/mol. The van der Waals surface area contributed by atoms with Gasteiger partial charge in [-0.1, -0.05) is 29.8 Å². The van der Waals surface area contributed by atoms with Gasteiger partial charge in [0.15, 0.2) is 11.5 Å². The monoisotopic (exact) mass is 408 g/mol. The van der Waals surface area contributed by atoms with Gasteiger partial charge in [0.25, 0.3) is 5.91 Å². The van der Waals surface area contributed by atoms with Crippen LogP contribution in [0.25, 0.3) is 0 Å². The summed E-state index contributed by atoms with van der Waals surface area (Å²) in [5.41, 5.74) is 1.41. The second-order valence-electron chi connectivity index (χ2n) is 6.75. The van der Waals surface area contributed by atoms with Crippen LogP contribution < -0.4 is 0 Å². The van der Waals surface area contributed by atoms with Crippen LogP contribution in [0, 0.1) is 6.92 Å². The van der Waals surface area contributed by atoms with E-state index in [0.29, 0.717) is 16.3 Å². The number of halogens is 1. The number of aliphatic hydroxyl groups excluding tert-OH is 1. The van der Waals surface area contributed by atoms with Crippen molar-refractivity contribution < 1.29 is 19.1 Å². The fourth-order valence-corrected chi connectivity index (χ4v) is 3.54. The van der Waals surface area contributed by atoms with E-state index in [-0.39, 0.29) is 17.9 Å². The highest BCUT2D eigenvalue weighted by atomic mass is 35.5. The van der Waals surface area contributed by atoms with E-state index in [4.69, 9.17) is 16.0 Å². The molecule has 4 rings (SSSR count). The molecule has 0 fully saturated rings. The van der Waals surface area contributed by atoms with E-state index in [1.54, 1.807) is 55.7 Å². The molecule has 2 aromatic heterocycles. The first-order valence-corrected chi connectivity index (χ1v) is 9.33. The minimum Gasteiger partial charge on any atom is -0.503 e. The third-order valence-corrected chi connectivity index (χ3v) is 5.03. The van der Waals surface area contributed by atoms with Gasteiger partial charge in [-0.05, 0) is 48.4 Å². The molecule has 3 heterocycles. The van der Waals surface area contributed by atoms with Crippen molar-refractivity contribution in [3.8, 4) is 0 Å². The van der Waals surface area contributed by atoms with Crippen molar-refractivity contribution in [1.29, 1.82) is 0 Å². The third-order valence-electron chi connectivity index (χ3n) is 4.77. The van der Waals surface area contributed by atoms with E-state index in [2.05, 4.69) is 4.98 Å². The number of furan rings is 1. The van der Waals surface area contributed by atoms with Crippen LogP contribution in [0.4, 0.5) is 0 Å². The highest BCUT2D eigenvalue weighted by Crippen LogP contribution is 2.40. The number of amides is 1. The van der Waals surface area contributed by atoms with Crippen molar-refractivity contribution in [2.45, 2.75) is 19.5 Å². The number of aromatic nitrogens is 1. The number of rotatable bonds is 5. The van der Waals surface area contributed by atoms with E-state index < -0.39 is 23.5 Å². The Morgan fingerprint density at radius 2 is 1.97 bits per heavy atom. The number of ketones is 1. The lowest BCUT2D eigenvalue weighted by atomic mass is 9.95. The van der Waals surface area contributed by atoms with Gasteiger partial charge in [-0.25, -0.2) is 0 Å². The molecule has 146 valence electrons. The first-order chi connectivity index (χ1) is 14.0. The van der Waals surface area contributed by atoms with Crippen molar-refractivity contribution in [2.75, 3.05) is 0 Å². The minimum absolute atomic E-state index is 0.0180. The normalized spacial score (nSPS) is 16.6. The number of aliphatic hydroxyl groups is 1. The van der Waals surface area contributed by atoms with Gasteiger partial charge in [0.2, 0.25) is 5.78 Å². The largest absolute Gasteiger partial charge is 0.503 e. The van der Waals surface area contributed by atoms with Crippen LogP contribution in [0.15, 0.2) is 76.7 Å². The fourth-order valence-electron chi connectivity index (χ4n) is 3.42. The molecule has 6 nitrogen and oxygen atoms in total. The summed E-state index contributed by atoms with van der Waals surface area (Å²) < 4.78 is 5.44. The molecule has 7 heteroatoms. The van der Waals surface area contributed by atoms with Gasteiger partial charge in [-0.3, -0.25) is 14.6 Å². The van der Waals surface area contributed by atoms with E-state index in [1.165, 1.54) is 11.0 Å². The zero-order valence-corrected chi connectivity index (χ0v) is 16.3. The Morgan fingerprint density at radius 3 is 2.59 bits per heavy atom. The Bertz CT molecular complexity index is 1100. The summed E-state index contributed by atoms with van der Waals surface area (Å²) in [7, 11) is 0. The van der Waals surface area contributed by atoms with Gasteiger partial charge in [-0.15, -0.1) is 0 Å². The lowest BCUT2D eigenvalue weighted by Crippen LogP contribution is -2.30. The quantitative estimate of drug-likeness (QED) is 0.632. The first-order valence-electron chi connectivity index (χ1n) is 8.95. The highest BCUT2D eigenvalue weighted by molar-refractivity contribution is 6.30. The number of nitrogens with zero attached hydrogens (tertiary/aromatic N) is 2. The Kier molecular flexibility index (Phi) is 4.94. The third kappa shape index (κ3) is 3.54. The molecule has 0 unspecified atom stereocenters. The van der Waals surface area contributed by atoms with Gasteiger partial charge in [0, 0.05) is 24.0 Å². The van der Waals surface area contributed by atoms with E-state index in [0.717, 1.165) is 5.56 Å². The standard InChI is InChI=1S/C22H17ClN2O4/c1-13-4-9-17(29-13)20(26)18-19(15-5-7-16(23)8-6-15)25(22(28)21(18)27)12-14-3-2-10-24-11-14/h2-11,19,27H,12H2,1H3/t19-/m1/s1. The SMILES string of the molecule is Cc1ccc(C(=O)C2=C(O)C(=O)N(Cc3cccnc3)[C@@H]2c2ccc(Cl)cc2)o1. The second kappa shape index (κ2) is 7.56. The van der Waals surface area contributed by atoms with Crippen LogP contribution in [0.2, 0.25) is 5.02 Å². The Labute approximate surface area is 172 Å². The Hall–Kier alpha value is -3.38. The van der Waals surface area contributed by atoms with E-state index in [9.17, 15) is 14.7 Å². The zero-order chi connectivity index (χ0) is 20.5. The molecule has 1 aliphatic rings. The van der Waals surface area contributed by atoms with Gasteiger partial charge >= 0.3 is 0 Å². The van der Waals surface area contributed by atoms with Crippen LogP contribution in [0.3, 0.4) is 0 Å². The number of Topliss-reactive ketones (excluding diaryl/α,β-unsaturated/α-hetero) is 1. The summed E-state index contributed by atoms with van der Waals surface area (Å²) >= 11 is 6.01. The number of hydrogen-bond donors (Lipinski definition) is 1. The summed E-state index contributed by atoms with van der Waals surface area (Å²) in [4.78, 5) is 31.6. The van der Waals surface area contributed by atoms with Crippen LogP contribution >= 0.6 is 11.6 Å². The molecule has 0 radical (unpaired) electrons. The number of hydrogen-bond acceptors (Lipinski definition) is 5. The molecule has 0 aliphatic carbocycles. The fraction of sp³-hybridized carbons (Fsp3) is 0.136. The van der Waals surface area contributed by atoms with Gasteiger partial charge in [0.05, 0.1) is 11.6 Å². The van der Waals surface area contributed by atoms with Crippen molar-refractivity contribution in [1.82, 2.24) is 9.88 Å². The summed E-state index contributed by atoms with van der Waals surface area (Å²) in [5.74, 6) is -1.10. The van der Waals surface area contributed by atoms with Gasteiger partial charge in [-0.2, -0.15) is 0 Å². The molecule has 1 amide bonds. The maximum Gasteiger partial charge on any atom is 0.290 e. The molecular weight excluding hydrogens is 392 g/mol. The van der Waals surface area contributed by atoms with Crippen molar-refractivity contribution in [3.63, 3.8) is 0 Å². The van der Waals surface area contributed by atoms with Crippen LogP contribution in [0.5, 0.6) is 0 Å². The smallest absolute Gasteiger partial charge is 0.290 e. The van der Waals surface area contributed by atoms with Crippen LogP contribution in [-0.2, 0) is 11.3 Å². The molecule has 0 saturated carbocycles. The number of carbonyl (C=O) groups excluding carboxylic acids is 2. The van der Waals surface area contributed by atoms with Crippen molar-refractivity contribution in [3.05, 3.63) is 99.9 Å². The average molecular weight is 409 g/mol. The first kappa shape index (κ1) is 19.0. The molecular formula is C22H17ClN2O4. The number of carbonyl (C=O) groups is 2. The lowest BCUT2D eigenvalue weighted by molar-refractivity contribution is -0.130. The minimum atomic E-state index is -0.780. The molecule has 1 N–H and O–H groups in total. The molecule has 3 aromatic rings. The highest BCUT2D eigenvalue weighted by Gasteiger charge is 2.44. The number of aryl methyl sites for hydroxylation is 1. The molecule has 1 aromatic carbocycles. The summed E-state index contributed by atoms with van der Waals surface area (Å²) in [6.45, 7) is 1.90. The summed E-state index contributed by atoms with van der Waals surface area (Å²) in [5, 5.41) is 11.1. The maximum atomic E-state index is 13.1. The van der Waals surface area contributed by atoms with Crippen LogP contribution in [-0.4, -0.2) is 26.7 Å². The van der Waals surface area contributed by atoms with Crippen molar-refractivity contribution >= 4 is 23.3 Å². The maximum absolute atomic E-state index is 13.1. The Morgan fingerprint density at radius 1 is 1.21 bits per heavy atom. The molecule has 0 spiro atoms. The van der Waals surface area contributed by atoms with Gasteiger partial charge in [0.1, 0.15) is 5.76 Å². The predicted octanol–water partition coefficient (Wildman–Crippen LogP) is 4.41. The number of pyridine rings is 1. The Balaban J connectivity index is 1.79. The molecule has 29 heavy (non-hydrogen) atoms. The lowest BCUT2D eigenvalue weighted by Gasteiger charge is -2.26. The van der Waals surface area contributed by atoms with E-state index in [1.807, 2.05) is 6.07 Å². The van der Waals surface area contributed by atoms with Gasteiger partial charge < -0.3 is 14.4 Å². The topological polar surface area (TPSA) is 83.6 Å². The zero-order valence-electron chi connectivity index (χ0n) is 15.5. The van der Waals surface area contributed by atoms with Crippen LogP contribution in [0.1, 0.15) is 33.5 Å². The average Bonchev–Trinajstić information content (AvgIpc) is 3.26.